The zero-order valence-corrected chi connectivity index (χ0v) is 12.6. The standard InChI is InChI=1S/C13H18N4O2S/c1-13(2,19)8-17(3)7-11(18)14-9-5-4-6-10-12(9)16-20-15-10/h4-6,19H,7-8H2,1-3H3,(H,14,18). The summed E-state index contributed by atoms with van der Waals surface area (Å²) in [5.41, 5.74) is 1.32. The summed E-state index contributed by atoms with van der Waals surface area (Å²) in [6, 6.07) is 5.49. The summed E-state index contributed by atoms with van der Waals surface area (Å²) in [4.78, 5) is 13.8. The summed E-state index contributed by atoms with van der Waals surface area (Å²) in [6.45, 7) is 4.05. The van der Waals surface area contributed by atoms with Gasteiger partial charge in [0.15, 0.2) is 0 Å². The molecule has 2 N–H and O–H groups in total. The van der Waals surface area contributed by atoms with E-state index in [4.69, 9.17) is 0 Å². The van der Waals surface area contributed by atoms with Gasteiger partial charge in [-0.1, -0.05) is 6.07 Å². The van der Waals surface area contributed by atoms with E-state index in [0.717, 1.165) is 17.0 Å². The Balaban J connectivity index is 1.96. The summed E-state index contributed by atoms with van der Waals surface area (Å²) in [5.74, 6) is -0.141. The van der Waals surface area contributed by atoms with Crippen molar-refractivity contribution in [3.63, 3.8) is 0 Å². The van der Waals surface area contributed by atoms with Crippen molar-refractivity contribution in [2.75, 3.05) is 25.5 Å². The molecule has 7 heteroatoms. The van der Waals surface area contributed by atoms with Crippen LogP contribution in [0.25, 0.3) is 0 Å². The number of nitrogens with one attached hydrogen (secondary N) is 1. The van der Waals surface area contributed by atoms with Gasteiger partial charge in [0.2, 0.25) is 5.91 Å². The molecule has 1 aromatic carbocycles. The third kappa shape index (κ3) is 3.96. The lowest BCUT2D eigenvalue weighted by Gasteiger charge is -2.24. The van der Waals surface area contributed by atoms with Crippen LogP contribution in [-0.2, 0) is 16.1 Å². The average Bonchev–Trinajstić information content (AvgIpc) is 2.74. The molecule has 0 atom stereocenters. The molecular formula is C13H18N4O2S. The van der Waals surface area contributed by atoms with Gasteiger partial charge in [0, 0.05) is 6.54 Å². The number of hydrogen-bond donors (Lipinski definition) is 2. The number of anilines is 1. The number of fused-ring (bicyclic) bond motifs is 1. The molecule has 0 bridgehead atoms. The minimum absolute atomic E-state index is 0.141. The van der Waals surface area contributed by atoms with Gasteiger partial charge >= 0.3 is 0 Å². The smallest absolute Gasteiger partial charge is 0.238 e. The highest BCUT2D eigenvalue weighted by Crippen LogP contribution is 2.38. The molecule has 2 rings (SSSR count). The van der Waals surface area contributed by atoms with Crippen molar-refractivity contribution in [1.82, 2.24) is 4.90 Å². The van der Waals surface area contributed by atoms with Crippen LogP contribution in [0.2, 0.25) is 0 Å². The Kier molecular flexibility index (Phi) is 4.32. The number of carbonyl (C=O) groups excluding carboxylic acids is 1. The first-order valence-electron chi connectivity index (χ1n) is 6.27. The van der Waals surface area contributed by atoms with Crippen LogP contribution in [0.4, 0.5) is 17.1 Å². The van der Waals surface area contributed by atoms with Gasteiger partial charge in [-0.3, -0.25) is 9.69 Å². The van der Waals surface area contributed by atoms with E-state index in [1.54, 1.807) is 31.9 Å². The molecule has 0 aliphatic carbocycles. The monoisotopic (exact) mass is 294 g/mol. The largest absolute Gasteiger partial charge is 0.389 e. The number of amides is 1. The van der Waals surface area contributed by atoms with E-state index in [2.05, 4.69) is 14.0 Å². The maximum absolute atomic E-state index is 12.0. The normalized spacial score (nSPS) is 13.2. The van der Waals surface area contributed by atoms with E-state index < -0.39 is 5.60 Å². The van der Waals surface area contributed by atoms with E-state index in [1.165, 1.54) is 0 Å². The number of rotatable bonds is 5. The zero-order valence-electron chi connectivity index (χ0n) is 11.8. The summed E-state index contributed by atoms with van der Waals surface area (Å²) in [5, 5.41) is 12.5. The van der Waals surface area contributed by atoms with Gasteiger partial charge < -0.3 is 10.4 Å². The average molecular weight is 294 g/mol. The molecular weight excluding hydrogens is 276 g/mol. The van der Waals surface area contributed by atoms with Gasteiger partial charge in [-0.2, -0.15) is 8.73 Å². The van der Waals surface area contributed by atoms with Gasteiger partial charge in [-0.25, -0.2) is 0 Å². The second-order valence-electron chi connectivity index (χ2n) is 5.47. The molecule has 0 saturated heterocycles. The van der Waals surface area contributed by atoms with E-state index in [-0.39, 0.29) is 12.5 Å². The van der Waals surface area contributed by atoms with Crippen LogP contribution >= 0.6 is 0 Å². The Hall–Kier alpha value is -1.57. The molecule has 0 fully saturated rings. The van der Waals surface area contributed by atoms with Crippen LogP contribution in [0, 0.1) is 0 Å². The van der Waals surface area contributed by atoms with Crippen LogP contribution in [0.5, 0.6) is 0 Å². The van der Waals surface area contributed by atoms with Crippen molar-refractivity contribution in [3.05, 3.63) is 18.2 Å². The lowest BCUT2D eigenvalue weighted by atomic mass is 10.1. The molecule has 1 aromatic rings. The molecule has 0 aromatic heterocycles. The van der Waals surface area contributed by atoms with Gasteiger partial charge in [0.1, 0.15) is 11.4 Å². The van der Waals surface area contributed by atoms with Crippen molar-refractivity contribution in [2.24, 2.45) is 8.73 Å². The van der Waals surface area contributed by atoms with Gasteiger partial charge in [0.05, 0.1) is 29.2 Å². The molecule has 0 unspecified atom stereocenters. The number of benzene rings is 1. The van der Waals surface area contributed by atoms with Crippen molar-refractivity contribution < 1.29 is 9.90 Å². The first-order valence-corrected chi connectivity index (χ1v) is 7.00. The van der Waals surface area contributed by atoms with Crippen LogP contribution in [-0.4, -0.2) is 41.7 Å². The van der Waals surface area contributed by atoms with E-state index in [0.29, 0.717) is 17.9 Å². The molecule has 1 heterocycles. The number of nitrogens with zero attached hydrogens (tertiary/aromatic N) is 3. The predicted octanol–water partition coefficient (Wildman–Crippen LogP) is 2.05. The lowest BCUT2D eigenvalue weighted by Crippen LogP contribution is -2.40. The Labute approximate surface area is 121 Å². The molecule has 0 spiro atoms. The third-order valence-corrected chi connectivity index (χ3v) is 3.17. The first-order chi connectivity index (χ1) is 9.35. The second kappa shape index (κ2) is 5.82. The minimum atomic E-state index is -0.826. The molecule has 1 aliphatic rings. The van der Waals surface area contributed by atoms with Crippen molar-refractivity contribution in [1.29, 1.82) is 0 Å². The maximum atomic E-state index is 12.0. The number of aliphatic hydroxyl groups is 1. The summed E-state index contributed by atoms with van der Waals surface area (Å²) in [6.07, 6.45) is 0. The highest BCUT2D eigenvalue weighted by molar-refractivity contribution is 7.58. The highest BCUT2D eigenvalue weighted by atomic mass is 32.1. The molecule has 1 amide bonds. The van der Waals surface area contributed by atoms with Crippen LogP contribution in [0.15, 0.2) is 26.9 Å². The van der Waals surface area contributed by atoms with Crippen molar-refractivity contribution in [2.45, 2.75) is 19.4 Å². The summed E-state index contributed by atoms with van der Waals surface area (Å²) >= 11 is 1.12. The maximum Gasteiger partial charge on any atom is 0.238 e. The topological polar surface area (TPSA) is 77.3 Å². The molecule has 1 aliphatic heterocycles. The van der Waals surface area contributed by atoms with E-state index >= 15 is 0 Å². The quantitative estimate of drug-likeness (QED) is 0.886. The molecule has 108 valence electrons. The van der Waals surface area contributed by atoms with Crippen molar-refractivity contribution >= 4 is 34.3 Å². The zero-order chi connectivity index (χ0) is 14.8. The fraction of sp³-hybridized carbons (Fsp3) is 0.462. The van der Waals surface area contributed by atoms with Gasteiger partial charge in [0.25, 0.3) is 0 Å². The minimum Gasteiger partial charge on any atom is -0.389 e. The summed E-state index contributed by atoms with van der Waals surface area (Å²) < 4.78 is 8.30. The Morgan fingerprint density at radius 1 is 1.45 bits per heavy atom. The Morgan fingerprint density at radius 2 is 2.20 bits per heavy atom. The fourth-order valence-corrected chi connectivity index (χ4v) is 2.61. The van der Waals surface area contributed by atoms with Gasteiger partial charge in [-0.15, -0.1) is 0 Å². The SMILES string of the molecule is CN(CC(=O)Nc1cccc2c1N=S=N2)CC(C)(C)O. The van der Waals surface area contributed by atoms with E-state index in [9.17, 15) is 9.90 Å². The predicted molar refractivity (Wildman–Crippen MR) is 80.4 cm³/mol. The highest BCUT2D eigenvalue weighted by Gasteiger charge is 2.18. The molecule has 0 saturated carbocycles. The van der Waals surface area contributed by atoms with Gasteiger partial charge in [-0.05, 0) is 33.0 Å². The van der Waals surface area contributed by atoms with E-state index in [1.807, 2.05) is 12.1 Å². The van der Waals surface area contributed by atoms with Crippen LogP contribution in [0.1, 0.15) is 13.8 Å². The van der Waals surface area contributed by atoms with Crippen LogP contribution < -0.4 is 5.32 Å². The molecule has 20 heavy (non-hydrogen) atoms. The Morgan fingerprint density at radius 3 is 2.90 bits per heavy atom. The second-order valence-corrected chi connectivity index (χ2v) is 6.00. The molecule has 0 radical (unpaired) electrons. The number of carbonyl (C=O) groups is 1. The van der Waals surface area contributed by atoms with Crippen molar-refractivity contribution in [3.8, 4) is 0 Å². The third-order valence-electron chi connectivity index (χ3n) is 2.63. The first kappa shape index (κ1) is 14.8. The lowest BCUT2D eigenvalue weighted by molar-refractivity contribution is -0.117. The number of hydrogen-bond acceptors (Lipinski definition) is 5. The Bertz CT molecular complexity index is 589. The van der Waals surface area contributed by atoms with Crippen LogP contribution in [0.3, 0.4) is 0 Å². The molecule has 6 nitrogen and oxygen atoms in total. The number of likely N-dealkylation sites (N-methyl/N-ethyl adjacent to an activating group) is 1. The fourth-order valence-electron chi connectivity index (χ4n) is 2.06. The summed E-state index contributed by atoms with van der Waals surface area (Å²) in [7, 11) is 1.79.